The number of methoxy groups -OCH3 is 1. The Kier molecular flexibility index (Phi) is 3.59. The molecule has 1 fully saturated rings. The highest BCUT2D eigenvalue weighted by Gasteiger charge is 2.34. The van der Waals surface area contributed by atoms with Crippen molar-refractivity contribution >= 4 is 17.5 Å². The predicted octanol–water partition coefficient (Wildman–Crippen LogP) is 0.367. The van der Waals surface area contributed by atoms with E-state index in [9.17, 15) is 9.59 Å². The standard InChI is InChI=1S/C13H17N3O3/c1-19-11-5-4-8(14)7-9(11)13(18)16-6-2-3-10(16)12(15)17/h4-5,7,10H,2-3,6,14H2,1H3,(H2,15,17). The average Bonchev–Trinajstić information content (AvgIpc) is 2.87. The molecule has 0 saturated carbocycles. The number of hydrogen-bond acceptors (Lipinski definition) is 4. The molecule has 2 rings (SSSR count). The molecule has 1 aliphatic rings. The molecule has 1 aliphatic heterocycles. The monoisotopic (exact) mass is 263 g/mol. The molecule has 1 aromatic carbocycles. The van der Waals surface area contributed by atoms with Gasteiger partial charge in [0, 0.05) is 12.2 Å². The van der Waals surface area contributed by atoms with E-state index in [0.29, 0.717) is 30.0 Å². The smallest absolute Gasteiger partial charge is 0.258 e. The van der Waals surface area contributed by atoms with E-state index < -0.39 is 11.9 Å². The van der Waals surface area contributed by atoms with Gasteiger partial charge >= 0.3 is 0 Å². The highest BCUT2D eigenvalue weighted by molar-refractivity contribution is 6.00. The van der Waals surface area contributed by atoms with Crippen LogP contribution in [-0.2, 0) is 4.79 Å². The lowest BCUT2D eigenvalue weighted by Gasteiger charge is -2.23. The number of amides is 2. The maximum Gasteiger partial charge on any atom is 0.258 e. The normalized spacial score (nSPS) is 18.4. The third-order valence-corrected chi connectivity index (χ3v) is 3.30. The van der Waals surface area contributed by atoms with Gasteiger partial charge in [-0.3, -0.25) is 9.59 Å². The van der Waals surface area contributed by atoms with E-state index in [1.165, 1.54) is 12.0 Å². The lowest BCUT2D eigenvalue weighted by Crippen LogP contribution is -2.43. The summed E-state index contributed by atoms with van der Waals surface area (Å²) in [5, 5.41) is 0. The Balaban J connectivity index is 2.33. The summed E-state index contributed by atoms with van der Waals surface area (Å²) in [6.07, 6.45) is 1.37. The van der Waals surface area contributed by atoms with Gasteiger partial charge in [0.05, 0.1) is 12.7 Å². The second-order valence-electron chi connectivity index (χ2n) is 4.52. The van der Waals surface area contributed by atoms with Crippen LogP contribution in [0.15, 0.2) is 18.2 Å². The zero-order valence-corrected chi connectivity index (χ0v) is 10.8. The van der Waals surface area contributed by atoms with Crippen molar-refractivity contribution in [2.24, 2.45) is 5.73 Å². The van der Waals surface area contributed by atoms with E-state index >= 15 is 0 Å². The first-order chi connectivity index (χ1) is 9.04. The number of primary amides is 1. The molecule has 4 N–H and O–H groups in total. The highest BCUT2D eigenvalue weighted by atomic mass is 16.5. The summed E-state index contributed by atoms with van der Waals surface area (Å²) >= 11 is 0. The molecule has 6 nitrogen and oxygen atoms in total. The van der Waals surface area contributed by atoms with Crippen molar-refractivity contribution in [1.29, 1.82) is 0 Å². The fourth-order valence-corrected chi connectivity index (χ4v) is 2.35. The van der Waals surface area contributed by atoms with Crippen LogP contribution >= 0.6 is 0 Å². The molecule has 0 aromatic heterocycles. The van der Waals surface area contributed by atoms with Crippen molar-refractivity contribution in [2.45, 2.75) is 18.9 Å². The Labute approximate surface area is 111 Å². The van der Waals surface area contributed by atoms with Gasteiger partial charge < -0.3 is 21.1 Å². The number of carbonyl (C=O) groups excluding carboxylic acids is 2. The van der Waals surface area contributed by atoms with Gasteiger partial charge in [-0.15, -0.1) is 0 Å². The zero-order valence-electron chi connectivity index (χ0n) is 10.8. The van der Waals surface area contributed by atoms with Gasteiger partial charge in [-0.2, -0.15) is 0 Å². The molecule has 6 heteroatoms. The number of nitrogen functional groups attached to an aromatic ring is 1. The summed E-state index contributed by atoms with van der Waals surface area (Å²) in [5.41, 5.74) is 11.8. The minimum Gasteiger partial charge on any atom is -0.496 e. The van der Waals surface area contributed by atoms with E-state index in [1.807, 2.05) is 0 Å². The van der Waals surface area contributed by atoms with Crippen LogP contribution in [0.1, 0.15) is 23.2 Å². The fourth-order valence-electron chi connectivity index (χ4n) is 2.35. The molecule has 0 bridgehead atoms. The number of likely N-dealkylation sites (tertiary alicyclic amines) is 1. The first-order valence-electron chi connectivity index (χ1n) is 6.08. The first-order valence-corrected chi connectivity index (χ1v) is 6.08. The Morgan fingerprint density at radius 1 is 1.42 bits per heavy atom. The van der Waals surface area contributed by atoms with Gasteiger partial charge in [0.2, 0.25) is 5.91 Å². The van der Waals surface area contributed by atoms with Crippen LogP contribution in [0.5, 0.6) is 5.75 Å². The molecule has 1 atom stereocenters. The highest BCUT2D eigenvalue weighted by Crippen LogP contribution is 2.26. The van der Waals surface area contributed by atoms with Crippen LogP contribution in [0.4, 0.5) is 5.69 Å². The van der Waals surface area contributed by atoms with Crippen LogP contribution in [0.2, 0.25) is 0 Å². The van der Waals surface area contributed by atoms with Crippen LogP contribution in [-0.4, -0.2) is 36.4 Å². The topological polar surface area (TPSA) is 98.7 Å². The van der Waals surface area contributed by atoms with E-state index in [4.69, 9.17) is 16.2 Å². The molecular weight excluding hydrogens is 246 g/mol. The largest absolute Gasteiger partial charge is 0.496 e. The number of nitrogens with two attached hydrogens (primary N) is 2. The number of hydrogen-bond donors (Lipinski definition) is 2. The third kappa shape index (κ3) is 2.47. The third-order valence-electron chi connectivity index (χ3n) is 3.30. The summed E-state index contributed by atoms with van der Waals surface area (Å²) in [6, 6.07) is 4.30. The van der Waals surface area contributed by atoms with E-state index in [0.717, 1.165) is 6.42 Å². The first kappa shape index (κ1) is 13.2. The molecule has 0 aliphatic carbocycles. The number of anilines is 1. The molecule has 1 heterocycles. The summed E-state index contributed by atoms with van der Waals surface area (Å²) in [5.74, 6) is -0.312. The minimum atomic E-state index is -0.543. The summed E-state index contributed by atoms with van der Waals surface area (Å²) < 4.78 is 5.16. The molecular formula is C13H17N3O3. The maximum atomic E-state index is 12.5. The number of rotatable bonds is 3. The average molecular weight is 263 g/mol. The molecule has 1 unspecified atom stereocenters. The van der Waals surface area contributed by atoms with Gasteiger partial charge in [-0.25, -0.2) is 0 Å². The number of ether oxygens (including phenoxy) is 1. The van der Waals surface area contributed by atoms with E-state index in [2.05, 4.69) is 0 Å². The summed E-state index contributed by atoms with van der Waals surface area (Å²) in [7, 11) is 1.48. The maximum absolute atomic E-state index is 12.5. The lowest BCUT2D eigenvalue weighted by molar-refractivity contribution is -0.121. The number of carbonyl (C=O) groups is 2. The van der Waals surface area contributed by atoms with Crippen LogP contribution in [0, 0.1) is 0 Å². The van der Waals surface area contributed by atoms with Crippen LogP contribution in [0.3, 0.4) is 0 Å². The lowest BCUT2D eigenvalue weighted by atomic mass is 10.1. The summed E-state index contributed by atoms with van der Waals surface area (Å²) in [6.45, 7) is 0.518. The molecule has 0 radical (unpaired) electrons. The van der Waals surface area contributed by atoms with E-state index in [-0.39, 0.29) is 5.91 Å². The van der Waals surface area contributed by atoms with Crippen molar-refractivity contribution in [2.75, 3.05) is 19.4 Å². The van der Waals surface area contributed by atoms with Crippen molar-refractivity contribution in [3.63, 3.8) is 0 Å². The van der Waals surface area contributed by atoms with Gasteiger partial charge in [-0.05, 0) is 31.0 Å². The molecule has 102 valence electrons. The molecule has 1 saturated heterocycles. The number of benzene rings is 1. The molecule has 1 aromatic rings. The molecule has 0 spiro atoms. The van der Waals surface area contributed by atoms with Gasteiger partial charge in [0.25, 0.3) is 5.91 Å². The van der Waals surface area contributed by atoms with Crippen LogP contribution in [0.25, 0.3) is 0 Å². The summed E-state index contributed by atoms with van der Waals surface area (Å²) in [4.78, 5) is 25.3. The van der Waals surface area contributed by atoms with Crippen molar-refractivity contribution < 1.29 is 14.3 Å². The SMILES string of the molecule is COc1ccc(N)cc1C(=O)N1CCCC1C(N)=O. The van der Waals surface area contributed by atoms with Gasteiger partial charge in [0.15, 0.2) is 0 Å². The Bertz CT molecular complexity index is 516. The Morgan fingerprint density at radius 2 is 2.16 bits per heavy atom. The molecule has 19 heavy (non-hydrogen) atoms. The second kappa shape index (κ2) is 5.17. The van der Waals surface area contributed by atoms with Crippen molar-refractivity contribution in [3.05, 3.63) is 23.8 Å². The molecule has 2 amide bonds. The second-order valence-corrected chi connectivity index (χ2v) is 4.52. The zero-order chi connectivity index (χ0) is 14.0. The Morgan fingerprint density at radius 3 is 2.79 bits per heavy atom. The Hall–Kier alpha value is -2.24. The quantitative estimate of drug-likeness (QED) is 0.769. The predicted molar refractivity (Wildman–Crippen MR) is 70.7 cm³/mol. The van der Waals surface area contributed by atoms with E-state index in [1.54, 1.807) is 18.2 Å². The van der Waals surface area contributed by atoms with Crippen molar-refractivity contribution in [1.82, 2.24) is 4.90 Å². The number of nitrogens with zero attached hydrogens (tertiary/aromatic N) is 1. The van der Waals surface area contributed by atoms with Crippen molar-refractivity contribution in [3.8, 4) is 5.75 Å². The van der Waals surface area contributed by atoms with Gasteiger partial charge in [-0.1, -0.05) is 0 Å². The minimum absolute atomic E-state index is 0.273. The van der Waals surface area contributed by atoms with Gasteiger partial charge in [0.1, 0.15) is 11.8 Å². The fraction of sp³-hybridized carbons (Fsp3) is 0.385. The van der Waals surface area contributed by atoms with Crippen LogP contribution < -0.4 is 16.2 Å².